The molecule has 3 N–H and O–H groups in total. The highest BCUT2D eigenvalue weighted by Gasteiger charge is 2.25. The number of nitrogens with two attached hydrogens (primary N) is 1. The first-order valence-electron chi connectivity index (χ1n) is 6.73. The van der Waals surface area contributed by atoms with Gasteiger partial charge in [-0.15, -0.1) is 0 Å². The Balaban J connectivity index is 1.92. The second-order valence-corrected chi connectivity index (χ2v) is 6.03. The fraction of sp³-hybridized carbons (Fsp3) is 0.571. The fourth-order valence-electron chi connectivity index (χ4n) is 2.53. The highest BCUT2D eigenvalue weighted by molar-refractivity contribution is 9.10. The van der Waals surface area contributed by atoms with E-state index in [9.17, 15) is 4.79 Å². The molecule has 0 aliphatic heterocycles. The molecule has 1 heterocycles. The largest absolute Gasteiger partial charge is 0.330 e. The lowest BCUT2D eigenvalue weighted by atomic mass is 9.81. The van der Waals surface area contributed by atoms with Crippen molar-refractivity contribution in [3.05, 3.63) is 22.4 Å². The van der Waals surface area contributed by atoms with Crippen LogP contribution in [-0.2, 0) is 4.79 Å². The molecule has 0 bridgehead atoms. The van der Waals surface area contributed by atoms with Crippen LogP contribution < -0.4 is 11.1 Å². The van der Waals surface area contributed by atoms with Crippen LogP contribution in [-0.4, -0.2) is 17.4 Å². The van der Waals surface area contributed by atoms with Crippen LogP contribution in [0.15, 0.2) is 16.9 Å². The van der Waals surface area contributed by atoms with Crippen molar-refractivity contribution in [1.29, 1.82) is 0 Å². The molecule has 0 radical (unpaired) electrons. The molecular formula is C14H20BrN3O. The number of halogens is 1. The van der Waals surface area contributed by atoms with Gasteiger partial charge in [-0.1, -0.05) is 0 Å². The average molecular weight is 326 g/mol. The van der Waals surface area contributed by atoms with Crippen LogP contribution in [0.3, 0.4) is 0 Å². The Morgan fingerprint density at radius 3 is 2.74 bits per heavy atom. The van der Waals surface area contributed by atoms with Gasteiger partial charge in [-0.05, 0) is 72.6 Å². The number of aryl methyl sites for hydroxylation is 1. The van der Waals surface area contributed by atoms with Crippen LogP contribution >= 0.6 is 15.9 Å². The molecule has 1 fully saturated rings. The van der Waals surface area contributed by atoms with Gasteiger partial charge in [-0.25, -0.2) is 4.98 Å². The lowest BCUT2D eigenvalue weighted by Gasteiger charge is -2.26. The Morgan fingerprint density at radius 2 is 2.16 bits per heavy atom. The molecule has 0 unspecified atom stereocenters. The van der Waals surface area contributed by atoms with Gasteiger partial charge in [0.2, 0.25) is 5.91 Å². The smallest absolute Gasteiger partial charge is 0.227 e. The summed E-state index contributed by atoms with van der Waals surface area (Å²) in [5.74, 6) is 0.825. The SMILES string of the molecule is Cc1cc(NC(=O)C2CCC(CN)CC2)cnc1Br. The van der Waals surface area contributed by atoms with E-state index in [1.165, 1.54) is 0 Å². The topological polar surface area (TPSA) is 68.0 Å². The van der Waals surface area contributed by atoms with Gasteiger partial charge in [0.15, 0.2) is 0 Å². The third-order valence-electron chi connectivity index (χ3n) is 3.83. The maximum absolute atomic E-state index is 12.2. The molecule has 1 aliphatic rings. The van der Waals surface area contributed by atoms with Gasteiger partial charge in [0.05, 0.1) is 11.9 Å². The van der Waals surface area contributed by atoms with Gasteiger partial charge in [0.1, 0.15) is 4.60 Å². The minimum atomic E-state index is 0.110. The standard InChI is InChI=1S/C14H20BrN3O/c1-9-6-12(8-17-13(9)15)18-14(19)11-4-2-10(7-16)3-5-11/h6,8,10-11H,2-5,7,16H2,1H3,(H,18,19). The highest BCUT2D eigenvalue weighted by atomic mass is 79.9. The van der Waals surface area contributed by atoms with E-state index >= 15 is 0 Å². The first-order chi connectivity index (χ1) is 9.10. The number of hydrogen-bond acceptors (Lipinski definition) is 3. The lowest BCUT2D eigenvalue weighted by molar-refractivity contribution is -0.121. The molecule has 1 aromatic rings. The Hall–Kier alpha value is -0.940. The maximum Gasteiger partial charge on any atom is 0.227 e. The molecular weight excluding hydrogens is 306 g/mol. The van der Waals surface area contributed by atoms with Crippen molar-refractivity contribution < 1.29 is 4.79 Å². The average Bonchev–Trinajstić information content (AvgIpc) is 2.43. The van der Waals surface area contributed by atoms with Gasteiger partial charge in [0.25, 0.3) is 0 Å². The van der Waals surface area contributed by atoms with E-state index < -0.39 is 0 Å². The van der Waals surface area contributed by atoms with E-state index in [1.54, 1.807) is 6.20 Å². The molecule has 1 saturated carbocycles. The lowest BCUT2D eigenvalue weighted by Crippen LogP contribution is -2.29. The second-order valence-electron chi connectivity index (χ2n) is 5.27. The number of pyridine rings is 1. The minimum Gasteiger partial charge on any atom is -0.330 e. The monoisotopic (exact) mass is 325 g/mol. The molecule has 0 aromatic carbocycles. The maximum atomic E-state index is 12.2. The molecule has 1 aromatic heterocycles. The summed E-state index contributed by atoms with van der Waals surface area (Å²) in [7, 11) is 0. The van der Waals surface area contributed by atoms with Crippen LogP contribution in [0.1, 0.15) is 31.2 Å². The van der Waals surface area contributed by atoms with Gasteiger partial charge >= 0.3 is 0 Å². The summed E-state index contributed by atoms with van der Waals surface area (Å²) in [6.45, 7) is 2.70. The Bertz CT molecular complexity index is 456. The summed E-state index contributed by atoms with van der Waals surface area (Å²) in [6, 6.07) is 1.93. The molecule has 104 valence electrons. The summed E-state index contributed by atoms with van der Waals surface area (Å²) in [4.78, 5) is 16.4. The van der Waals surface area contributed by atoms with E-state index in [0.29, 0.717) is 5.92 Å². The second kappa shape index (κ2) is 6.48. The van der Waals surface area contributed by atoms with Crippen LogP contribution in [0.2, 0.25) is 0 Å². The van der Waals surface area contributed by atoms with E-state index in [2.05, 4.69) is 26.2 Å². The number of rotatable bonds is 3. The van der Waals surface area contributed by atoms with Crippen LogP contribution in [0.5, 0.6) is 0 Å². The number of aromatic nitrogens is 1. The zero-order valence-electron chi connectivity index (χ0n) is 11.2. The zero-order chi connectivity index (χ0) is 13.8. The van der Waals surface area contributed by atoms with Gasteiger partial charge in [-0.2, -0.15) is 0 Å². The number of carbonyl (C=O) groups is 1. The van der Waals surface area contributed by atoms with E-state index in [-0.39, 0.29) is 11.8 Å². The predicted octanol–water partition coefficient (Wildman–Crippen LogP) is 2.86. The van der Waals surface area contributed by atoms with Crippen molar-refractivity contribution in [2.24, 2.45) is 17.6 Å². The molecule has 4 nitrogen and oxygen atoms in total. The first kappa shape index (κ1) is 14.5. The van der Waals surface area contributed by atoms with Crippen molar-refractivity contribution in [3.63, 3.8) is 0 Å². The number of nitrogens with one attached hydrogen (secondary N) is 1. The molecule has 1 amide bonds. The number of nitrogens with zero attached hydrogens (tertiary/aromatic N) is 1. The molecule has 19 heavy (non-hydrogen) atoms. The van der Waals surface area contributed by atoms with Crippen molar-refractivity contribution in [2.75, 3.05) is 11.9 Å². The summed E-state index contributed by atoms with van der Waals surface area (Å²) in [6.07, 6.45) is 5.69. The van der Waals surface area contributed by atoms with Crippen LogP contribution in [0.25, 0.3) is 0 Å². The van der Waals surface area contributed by atoms with Crippen molar-refractivity contribution in [1.82, 2.24) is 4.98 Å². The number of hydrogen-bond donors (Lipinski definition) is 2. The Kier molecular flexibility index (Phi) is 4.93. The zero-order valence-corrected chi connectivity index (χ0v) is 12.7. The third-order valence-corrected chi connectivity index (χ3v) is 4.66. The third kappa shape index (κ3) is 3.76. The summed E-state index contributed by atoms with van der Waals surface area (Å²) in [5.41, 5.74) is 7.45. The van der Waals surface area contributed by atoms with Crippen molar-refractivity contribution in [2.45, 2.75) is 32.6 Å². The number of carbonyl (C=O) groups excluding carboxylic acids is 1. The molecule has 5 heteroatoms. The van der Waals surface area contributed by atoms with E-state index in [1.807, 2.05) is 13.0 Å². The van der Waals surface area contributed by atoms with Crippen LogP contribution in [0, 0.1) is 18.8 Å². The van der Waals surface area contributed by atoms with E-state index in [0.717, 1.165) is 48.1 Å². The Labute approximate surface area is 122 Å². The predicted molar refractivity (Wildman–Crippen MR) is 79.8 cm³/mol. The first-order valence-corrected chi connectivity index (χ1v) is 7.52. The van der Waals surface area contributed by atoms with Gasteiger partial charge in [-0.3, -0.25) is 4.79 Å². The van der Waals surface area contributed by atoms with Crippen LogP contribution in [0.4, 0.5) is 5.69 Å². The molecule has 2 rings (SSSR count). The van der Waals surface area contributed by atoms with Gasteiger partial charge in [0, 0.05) is 5.92 Å². The quantitative estimate of drug-likeness (QED) is 0.839. The normalized spacial score (nSPS) is 23.1. The Morgan fingerprint density at radius 1 is 1.47 bits per heavy atom. The summed E-state index contributed by atoms with van der Waals surface area (Å²) < 4.78 is 0.814. The highest BCUT2D eigenvalue weighted by Crippen LogP contribution is 2.29. The molecule has 0 saturated heterocycles. The molecule has 1 aliphatic carbocycles. The number of amides is 1. The summed E-state index contributed by atoms with van der Waals surface area (Å²) >= 11 is 3.35. The summed E-state index contributed by atoms with van der Waals surface area (Å²) in [5, 5.41) is 2.96. The van der Waals surface area contributed by atoms with Gasteiger partial charge < -0.3 is 11.1 Å². The molecule has 0 atom stereocenters. The van der Waals surface area contributed by atoms with Crippen molar-refractivity contribution >= 4 is 27.5 Å². The fourth-order valence-corrected chi connectivity index (χ4v) is 2.75. The molecule has 0 spiro atoms. The minimum absolute atomic E-state index is 0.110. The number of anilines is 1. The van der Waals surface area contributed by atoms with E-state index in [4.69, 9.17) is 5.73 Å². The van der Waals surface area contributed by atoms with Crippen molar-refractivity contribution in [3.8, 4) is 0 Å².